The second kappa shape index (κ2) is 7.50. The highest BCUT2D eigenvalue weighted by atomic mass is 32.2. The quantitative estimate of drug-likeness (QED) is 0.607. The molecule has 0 spiro atoms. The summed E-state index contributed by atoms with van der Waals surface area (Å²) in [7, 11) is -4.06. The summed E-state index contributed by atoms with van der Waals surface area (Å²) in [6.07, 6.45) is 0.736. The fourth-order valence-electron chi connectivity index (χ4n) is 3.95. The molecule has 1 saturated heterocycles. The molecule has 28 heavy (non-hydrogen) atoms. The van der Waals surface area contributed by atoms with Crippen molar-refractivity contribution in [3.63, 3.8) is 0 Å². The number of rotatable bonds is 5. The highest BCUT2D eigenvalue weighted by Gasteiger charge is 2.39. The molecule has 2 aliphatic heterocycles. The summed E-state index contributed by atoms with van der Waals surface area (Å²) in [5.74, 6) is -0.00653. The lowest BCUT2D eigenvalue weighted by atomic mass is 9.94. The number of nitrogens with zero attached hydrogens (tertiary/aromatic N) is 2. The summed E-state index contributed by atoms with van der Waals surface area (Å²) >= 11 is 0. The van der Waals surface area contributed by atoms with Gasteiger partial charge in [0, 0.05) is 31.1 Å². The number of nitro groups is 1. The minimum absolute atomic E-state index is 0.00653. The van der Waals surface area contributed by atoms with Crippen LogP contribution in [-0.2, 0) is 14.8 Å². The summed E-state index contributed by atoms with van der Waals surface area (Å²) in [6.45, 7) is 2.30. The van der Waals surface area contributed by atoms with Crippen molar-refractivity contribution in [1.29, 1.82) is 0 Å². The van der Waals surface area contributed by atoms with Gasteiger partial charge in [0.1, 0.15) is 0 Å². The van der Waals surface area contributed by atoms with Crippen molar-refractivity contribution in [2.45, 2.75) is 23.3 Å². The fourth-order valence-corrected chi connectivity index (χ4v) is 5.64. The van der Waals surface area contributed by atoms with Crippen LogP contribution in [0.3, 0.4) is 0 Å². The lowest BCUT2D eigenvalue weighted by molar-refractivity contribution is -0.387. The molecule has 9 heteroatoms. The van der Waals surface area contributed by atoms with Crippen molar-refractivity contribution >= 4 is 21.4 Å². The molecule has 0 radical (unpaired) electrons. The molecule has 1 fully saturated rings. The number of anilines is 1. The van der Waals surface area contributed by atoms with Gasteiger partial charge in [-0.05, 0) is 24.1 Å². The van der Waals surface area contributed by atoms with Gasteiger partial charge >= 0.3 is 0 Å². The van der Waals surface area contributed by atoms with E-state index in [-0.39, 0.29) is 23.4 Å². The van der Waals surface area contributed by atoms with Crippen LogP contribution in [0.15, 0.2) is 53.4 Å². The van der Waals surface area contributed by atoms with Crippen LogP contribution >= 0.6 is 0 Å². The number of hydrogen-bond donors (Lipinski definition) is 1. The summed E-state index contributed by atoms with van der Waals surface area (Å²) in [6, 6.07) is 13.0. The van der Waals surface area contributed by atoms with Crippen LogP contribution in [0.4, 0.5) is 11.4 Å². The minimum Gasteiger partial charge on any atom is -0.379 e. The lowest BCUT2D eigenvalue weighted by Crippen LogP contribution is -2.42. The predicted octanol–water partition coefficient (Wildman–Crippen LogP) is 2.27. The SMILES string of the molecule is O=[N+]([O-])c1ccccc1S(=O)(=O)N1CC(CC2COCCN2)c2ccccc21. The molecule has 148 valence electrons. The molecule has 0 bridgehead atoms. The number of benzene rings is 2. The number of nitrogens with one attached hydrogen (secondary N) is 1. The Hall–Kier alpha value is -2.49. The number of para-hydroxylation sites is 2. The predicted molar refractivity (Wildman–Crippen MR) is 104 cm³/mol. The number of morpholine rings is 1. The zero-order valence-electron chi connectivity index (χ0n) is 15.2. The van der Waals surface area contributed by atoms with Crippen molar-refractivity contribution in [3.05, 3.63) is 64.2 Å². The van der Waals surface area contributed by atoms with E-state index < -0.39 is 20.6 Å². The van der Waals surface area contributed by atoms with E-state index in [1.165, 1.54) is 28.6 Å². The summed E-state index contributed by atoms with van der Waals surface area (Å²) in [5, 5.41) is 14.8. The van der Waals surface area contributed by atoms with Gasteiger partial charge in [0.05, 0.1) is 23.8 Å². The molecule has 2 atom stereocenters. The second-order valence-electron chi connectivity index (χ2n) is 6.98. The first kappa shape index (κ1) is 18.9. The maximum atomic E-state index is 13.3. The standard InChI is InChI=1S/C19H21N3O5S/c23-22(24)18-7-3-4-8-19(18)28(25,26)21-12-14(11-15-13-27-10-9-20-15)16-5-1-2-6-17(16)21/h1-8,14-15,20H,9-13H2. The molecule has 0 saturated carbocycles. The van der Waals surface area contributed by atoms with Gasteiger partial charge in [0.15, 0.2) is 4.90 Å². The summed E-state index contributed by atoms with van der Waals surface area (Å²) < 4.78 is 33.5. The van der Waals surface area contributed by atoms with Gasteiger partial charge in [0.2, 0.25) is 0 Å². The highest BCUT2D eigenvalue weighted by molar-refractivity contribution is 7.93. The van der Waals surface area contributed by atoms with Crippen LogP contribution in [0.1, 0.15) is 17.9 Å². The van der Waals surface area contributed by atoms with Gasteiger partial charge in [0.25, 0.3) is 15.7 Å². The Morgan fingerprint density at radius 3 is 2.68 bits per heavy atom. The largest absolute Gasteiger partial charge is 0.379 e. The molecule has 2 aromatic rings. The molecule has 2 aliphatic rings. The molecule has 1 N–H and O–H groups in total. The molecule has 0 aromatic heterocycles. The molecule has 0 aliphatic carbocycles. The number of ether oxygens (including phenoxy) is 1. The fraction of sp³-hybridized carbons (Fsp3) is 0.368. The van der Waals surface area contributed by atoms with Crippen LogP contribution in [0, 0.1) is 10.1 Å². The Balaban J connectivity index is 1.69. The normalized spacial score (nSPS) is 22.1. The molecule has 0 amide bonds. The topological polar surface area (TPSA) is 102 Å². The minimum atomic E-state index is -4.06. The molecule has 4 rings (SSSR count). The maximum absolute atomic E-state index is 13.3. The van der Waals surface area contributed by atoms with E-state index in [4.69, 9.17) is 4.74 Å². The van der Waals surface area contributed by atoms with Crippen LogP contribution in [0.5, 0.6) is 0 Å². The second-order valence-corrected chi connectivity index (χ2v) is 8.81. The van der Waals surface area contributed by atoms with Gasteiger partial charge < -0.3 is 10.1 Å². The van der Waals surface area contributed by atoms with Crippen molar-refractivity contribution in [1.82, 2.24) is 5.32 Å². The number of fused-ring (bicyclic) bond motifs is 1. The first-order chi connectivity index (χ1) is 13.5. The van der Waals surface area contributed by atoms with E-state index in [0.717, 1.165) is 18.5 Å². The Morgan fingerprint density at radius 2 is 1.93 bits per heavy atom. The Kier molecular flexibility index (Phi) is 5.05. The zero-order valence-corrected chi connectivity index (χ0v) is 16.0. The maximum Gasteiger partial charge on any atom is 0.289 e. The number of hydrogen-bond acceptors (Lipinski definition) is 6. The van der Waals surface area contributed by atoms with E-state index in [2.05, 4.69) is 5.32 Å². The molecule has 2 aromatic carbocycles. The Labute approximate surface area is 163 Å². The van der Waals surface area contributed by atoms with Gasteiger partial charge in [-0.2, -0.15) is 0 Å². The smallest absolute Gasteiger partial charge is 0.289 e. The average molecular weight is 403 g/mol. The Morgan fingerprint density at radius 1 is 1.18 bits per heavy atom. The van der Waals surface area contributed by atoms with E-state index in [1.807, 2.05) is 12.1 Å². The average Bonchev–Trinajstić information content (AvgIpc) is 3.08. The first-order valence-corrected chi connectivity index (χ1v) is 10.6. The van der Waals surface area contributed by atoms with Crippen LogP contribution in [0.25, 0.3) is 0 Å². The van der Waals surface area contributed by atoms with E-state index in [9.17, 15) is 18.5 Å². The summed E-state index contributed by atoms with van der Waals surface area (Å²) in [5.41, 5.74) is 1.12. The van der Waals surface area contributed by atoms with E-state index >= 15 is 0 Å². The van der Waals surface area contributed by atoms with Crippen molar-refractivity contribution in [2.75, 3.05) is 30.6 Å². The third-order valence-corrected chi connectivity index (χ3v) is 7.06. The van der Waals surface area contributed by atoms with Crippen molar-refractivity contribution < 1.29 is 18.1 Å². The molecular formula is C19H21N3O5S. The van der Waals surface area contributed by atoms with Crippen LogP contribution in [0.2, 0.25) is 0 Å². The molecule has 2 unspecified atom stereocenters. The Bertz CT molecular complexity index is 989. The van der Waals surface area contributed by atoms with Crippen molar-refractivity contribution in [2.24, 2.45) is 0 Å². The summed E-state index contributed by atoms with van der Waals surface area (Å²) in [4.78, 5) is 10.4. The molecule has 2 heterocycles. The van der Waals surface area contributed by atoms with Gasteiger partial charge in [-0.1, -0.05) is 30.3 Å². The van der Waals surface area contributed by atoms with Crippen LogP contribution < -0.4 is 9.62 Å². The lowest BCUT2D eigenvalue weighted by Gasteiger charge is -2.26. The highest BCUT2D eigenvalue weighted by Crippen LogP contribution is 2.42. The number of nitro benzene ring substituents is 1. The number of sulfonamides is 1. The van der Waals surface area contributed by atoms with E-state index in [1.54, 1.807) is 12.1 Å². The molecular weight excluding hydrogens is 382 g/mol. The van der Waals surface area contributed by atoms with Gasteiger partial charge in [-0.15, -0.1) is 0 Å². The van der Waals surface area contributed by atoms with Crippen LogP contribution in [-0.4, -0.2) is 45.7 Å². The third-order valence-electron chi connectivity index (χ3n) is 5.23. The van der Waals surface area contributed by atoms with Gasteiger partial charge in [-0.3, -0.25) is 14.4 Å². The third kappa shape index (κ3) is 3.36. The first-order valence-electron chi connectivity index (χ1n) is 9.14. The van der Waals surface area contributed by atoms with Gasteiger partial charge in [-0.25, -0.2) is 8.42 Å². The van der Waals surface area contributed by atoms with Crippen molar-refractivity contribution in [3.8, 4) is 0 Å². The monoisotopic (exact) mass is 403 g/mol. The van der Waals surface area contributed by atoms with E-state index in [0.29, 0.717) is 18.9 Å². The zero-order chi connectivity index (χ0) is 19.7. The molecule has 8 nitrogen and oxygen atoms in total.